The van der Waals surface area contributed by atoms with Gasteiger partial charge in [-0.3, -0.25) is 9.89 Å². The summed E-state index contributed by atoms with van der Waals surface area (Å²) in [5.74, 6) is 1.93. The number of hydrogen-bond donors (Lipinski definition) is 1. The van der Waals surface area contributed by atoms with Crippen molar-refractivity contribution in [2.24, 2.45) is 11.8 Å². The second-order valence-corrected chi connectivity index (χ2v) is 7.79. The number of carbonyl (C=O) groups excluding carboxylic acids is 1. The van der Waals surface area contributed by atoms with Gasteiger partial charge in [0.2, 0.25) is 6.41 Å². The number of H-pyrrole nitrogens is 1. The molecule has 1 N–H and O–H groups in total. The van der Waals surface area contributed by atoms with E-state index in [0.29, 0.717) is 18.6 Å². The Kier molecular flexibility index (Phi) is 5.93. The number of nitrogens with one attached hydrogen (secondary N) is 1. The van der Waals surface area contributed by atoms with Crippen LogP contribution in [-0.4, -0.2) is 46.8 Å². The van der Waals surface area contributed by atoms with Crippen molar-refractivity contribution in [3.05, 3.63) is 18.0 Å². The van der Waals surface area contributed by atoms with Crippen LogP contribution >= 0.6 is 0 Å². The van der Waals surface area contributed by atoms with Crippen LogP contribution in [0.25, 0.3) is 0 Å². The number of nitrogens with zero attached hydrogens (tertiary/aromatic N) is 2. The molecule has 2 atom stereocenters. The van der Waals surface area contributed by atoms with E-state index in [1.807, 2.05) is 11.0 Å². The second kappa shape index (κ2) is 8.15. The fraction of sp³-hybridized carbons (Fsp3) is 0.789. The van der Waals surface area contributed by atoms with Gasteiger partial charge in [-0.05, 0) is 56.4 Å². The minimum atomic E-state index is 0.125. The molecule has 1 saturated heterocycles. The van der Waals surface area contributed by atoms with Crippen LogP contribution in [0.4, 0.5) is 0 Å². The molecule has 2 heterocycles. The van der Waals surface area contributed by atoms with Crippen LogP contribution in [0.5, 0.6) is 0 Å². The molecule has 3 rings (SSSR count). The van der Waals surface area contributed by atoms with Gasteiger partial charge in [-0.1, -0.05) is 13.8 Å². The average molecular weight is 333 g/mol. The molecule has 0 bridgehead atoms. The summed E-state index contributed by atoms with van der Waals surface area (Å²) >= 11 is 0. The van der Waals surface area contributed by atoms with Gasteiger partial charge in [0.05, 0.1) is 18.8 Å². The maximum Gasteiger partial charge on any atom is 0.210 e. The maximum atomic E-state index is 11.5. The molecule has 5 heteroatoms. The van der Waals surface area contributed by atoms with E-state index in [1.54, 1.807) is 6.20 Å². The SMILES string of the molecule is CC(C)C1CCC(OC[C@H]2[C@@H](c3ccn[nH]3)CCCN2C=O)CC1. The summed E-state index contributed by atoms with van der Waals surface area (Å²) in [4.78, 5) is 13.4. The van der Waals surface area contributed by atoms with E-state index < -0.39 is 0 Å². The van der Waals surface area contributed by atoms with Gasteiger partial charge in [0, 0.05) is 24.4 Å². The average Bonchev–Trinajstić information content (AvgIpc) is 3.14. The molecule has 1 amide bonds. The van der Waals surface area contributed by atoms with Gasteiger partial charge in [-0.2, -0.15) is 5.10 Å². The molecule has 2 fully saturated rings. The Hall–Kier alpha value is -1.36. The number of amides is 1. The Morgan fingerprint density at radius 1 is 1.33 bits per heavy atom. The first kappa shape index (κ1) is 17.5. The van der Waals surface area contributed by atoms with Crippen LogP contribution in [0.3, 0.4) is 0 Å². The highest BCUT2D eigenvalue weighted by Gasteiger charge is 2.34. The normalized spacial score (nSPS) is 31.4. The number of piperidine rings is 1. The van der Waals surface area contributed by atoms with Gasteiger partial charge >= 0.3 is 0 Å². The largest absolute Gasteiger partial charge is 0.376 e. The number of likely N-dealkylation sites (tertiary alicyclic amines) is 1. The van der Waals surface area contributed by atoms with E-state index in [0.717, 1.165) is 56.2 Å². The standard InChI is InChI=1S/C19H31N3O2/c1-14(2)15-5-7-16(8-6-15)24-12-19-17(18-9-10-20-21-18)4-3-11-22(19)13-23/h9-10,13-17,19H,3-8,11-12H2,1-2H3,(H,20,21)/t15?,16?,17-,19+/m1/s1. The minimum Gasteiger partial charge on any atom is -0.376 e. The molecular weight excluding hydrogens is 302 g/mol. The molecule has 0 radical (unpaired) electrons. The summed E-state index contributed by atoms with van der Waals surface area (Å²) in [6.07, 6.45) is 10.1. The third kappa shape index (κ3) is 4.00. The Morgan fingerprint density at radius 3 is 2.75 bits per heavy atom. The van der Waals surface area contributed by atoms with Crippen molar-refractivity contribution in [1.82, 2.24) is 15.1 Å². The fourth-order valence-corrected chi connectivity index (χ4v) is 4.42. The third-order valence-corrected chi connectivity index (χ3v) is 6.04. The number of rotatable bonds is 6. The van der Waals surface area contributed by atoms with Crippen molar-refractivity contribution in [3.63, 3.8) is 0 Å². The lowest BCUT2D eigenvalue weighted by Gasteiger charge is -2.40. The third-order valence-electron chi connectivity index (χ3n) is 6.04. The molecule has 0 aromatic carbocycles. The molecular formula is C19H31N3O2. The molecule has 24 heavy (non-hydrogen) atoms. The quantitative estimate of drug-likeness (QED) is 0.812. The summed E-state index contributed by atoms with van der Waals surface area (Å²) in [6.45, 7) is 6.12. The summed E-state index contributed by atoms with van der Waals surface area (Å²) in [6, 6.07) is 2.15. The van der Waals surface area contributed by atoms with E-state index in [-0.39, 0.29) is 6.04 Å². The molecule has 1 aromatic heterocycles. The number of hydrogen-bond acceptors (Lipinski definition) is 3. The number of ether oxygens (including phenoxy) is 1. The Bertz CT molecular complexity index is 495. The first-order valence-corrected chi connectivity index (χ1v) is 9.51. The Balaban J connectivity index is 1.57. The highest BCUT2D eigenvalue weighted by Crippen LogP contribution is 2.34. The van der Waals surface area contributed by atoms with Gasteiger partial charge in [0.1, 0.15) is 0 Å². The fourth-order valence-electron chi connectivity index (χ4n) is 4.42. The first-order chi connectivity index (χ1) is 11.7. The van der Waals surface area contributed by atoms with Gasteiger partial charge in [0.15, 0.2) is 0 Å². The molecule has 0 spiro atoms. The maximum absolute atomic E-state index is 11.5. The van der Waals surface area contributed by atoms with Gasteiger partial charge in [-0.25, -0.2) is 0 Å². The smallest absolute Gasteiger partial charge is 0.210 e. The predicted octanol–water partition coefficient (Wildman–Crippen LogP) is 3.35. The van der Waals surface area contributed by atoms with Crippen molar-refractivity contribution < 1.29 is 9.53 Å². The van der Waals surface area contributed by atoms with Gasteiger partial charge in [0.25, 0.3) is 0 Å². The molecule has 1 aliphatic carbocycles. The Morgan fingerprint density at radius 2 is 2.12 bits per heavy atom. The van der Waals surface area contributed by atoms with Crippen molar-refractivity contribution >= 4 is 6.41 Å². The van der Waals surface area contributed by atoms with E-state index >= 15 is 0 Å². The number of aromatic nitrogens is 2. The zero-order chi connectivity index (χ0) is 16.9. The monoisotopic (exact) mass is 333 g/mol. The molecule has 134 valence electrons. The highest BCUT2D eigenvalue weighted by atomic mass is 16.5. The molecule has 0 unspecified atom stereocenters. The van der Waals surface area contributed by atoms with E-state index in [2.05, 4.69) is 24.0 Å². The lowest BCUT2D eigenvalue weighted by Crippen LogP contribution is -2.47. The van der Waals surface area contributed by atoms with Crippen LogP contribution in [0.15, 0.2) is 12.3 Å². The second-order valence-electron chi connectivity index (χ2n) is 7.79. The lowest BCUT2D eigenvalue weighted by atomic mass is 9.80. The van der Waals surface area contributed by atoms with Crippen LogP contribution in [0.1, 0.15) is 64.0 Å². The molecule has 2 aliphatic rings. The van der Waals surface area contributed by atoms with Crippen molar-refractivity contribution in [1.29, 1.82) is 0 Å². The van der Waals surface area contributed by atoms with Crippen LogP contribution in [0.2, 0.25) is 0 Å². The minimum absolute atomic E-state index is 0.125. The van der Waals surface area contributed by atoms with Crippen LogP contribution < -0.4 is 0 Å². The van der Waals surface area contributed by atoms with Crippen LogP contribution in [-0.2, 0) is 9.53 Å². The van der Waals surface area contributed by atoms with Crippen molar-refractivity contribution in [3.8, 4) is 0 Å². The van der Waals surface area contributed by atoms with E-state index in [4.69, 9.17) is 4.74 Å². The number of carbonyl (C=O) groups is 1. The van der Waals surface area contributed by atoms with Crippen molar-refractivity contribution in [2.75, 3.05) is 13.2 Å². The highest BCUT2D eigenvalue weighted by molar-refractivity contribution is 5.48. The molecule has 5 nitrogen and oxygen atoms in total. The van der Waals surface area contributed by atoms with Crippen molar-refractivity contribution in [2.45, 2.75) is 70.4 Å². The molecule has 1 aromatic rings. The van der Waals surface area contributed by atoms with E-state index in [1.165, 1.54) is 12.8 Å². The summed E-state index contributed by atoms with van der Waals surface area (Å²) in [5, 5.41) is 7.17. The summed E-state index contributed by atoms with van der Waals surface area (Å²) < 4.78 is 6.28. The van der Waals surface area contributed by atoms with E-state index in [9.17, 15) is 4.79 Å². The summed E-state index contributed by atoms with van der Waals surface area (Å²) in [5.41, 5.74) is 1.12. The zero-order valence-corrected chi connectivity index (χ0v) is 15.0. The Labute approximate surface area is 145 Å². The zero-order valence-electron chi connectivity index (χ0n) is 15.0. The molecule has 1 saturated carbocycles. The number of aromatic amines is 1. The van der Waals surface area contributed by atoms with Crippen LogP contribution in [0, 0.1) is 11.8 Å². The van der Waals surface area contributed by atoms with Gasteiger partial charge < -0.3 is 9.64 Å². The first-order valence-electron chi connectivity index (χ1n) is 9.51. The topological polar surface area (TPSA) is 58.2 Å². The summed E-state index contributed by atoms with van der Waals surface area (Å²) in [7, 11) is 0. The predicted molar refractivity (Wildman–Crippen MR) is 93.7 cm³/mol. The van der Waals surface area contributed by atoms with Gasteiger partial charge in [-0.15, -0.1) is 0 Å². The lowest BCUT2D eigenvalue weighted by molar-refractivity contribution is -0.125. The molecule has 1 aliphatic heterocycles.